The van der Waals surface area contributed by atoms with E-state index in [1.165, 1.54) is 11.1 Å². The summed E-state index contributed by atoms with van der Waals surface area (Å²) in [5, 5.41) is 0. The Bertz CT molecular complexity index is 852. The van der Waals surface area contributed by atoms with Crippen LogP contribution in [-0.4, -0.2) is 46.2 Å². The second-order valence-corrected chi connectivity index (χ2v) is 7.82. The molecule has 1 atom stereocenters. The fourth-order valence-electron chi connectivity index (χ4n) is 4.43. The molecular weight excluding hydrogens is 338 g/mol. The van der Waals surface area contributed by atoms with Gasteiger partial charge in [0.2, 0.25) is 5.91 Å². The van der Waals surface area contributed by atoms with Crippen LogP contribution in [0.4, 0.5) is 0 Å². The number of piperidine rings is 1. The van der Waals surface area contributed by atoms with Gasteiger partial charge in [-0.05, 0) is 43.9 Å². The van der Waals surface area contributed by atoms with Crippen molar-refractivity contribution in [2.45, 2.75) is 32.7 Å². The van der Waals surface area contributed by atoms with E-state index in [2.05, 4.69) is 30.1 Å². The smallest absolute Gasteiger partial charge is 0.255 e. The van der Waals surface area contributed by atoms with Crippen LogP contribution in [0.1, 0.15) is 40.7 Å². The normalized spacial score (nSPS) is 22.5. The highest BCUT2D eigenvalue weighted by Gasteiger charge is 2.49. The van der Waals surface area contributed by atoms with Crippen LogP contribution < -0.4 is 0 Å². The highest BCUT2D eigenvalue weighted by atomic mass is 16.2. The van der Waals surface area contributed by atoms with Gasteiger partial charge in [-0.1, -0.05) is 29.8 Å². The molecule has 0 unspecified atom stereocenters. The van der Waals surface area contributed by atoms with E-state index in [1.807, 2.05) is 15.9 Å². The zero-order valence-electron chi connectivity index (χ0n) is 15.7. The third kappa shape index (κ3) is 3.46. The van der Waals surface area contributed by atoms with Gasteiger partial charge in [0.15, 0.2) is 0 Å². The number of carbonyl (C=O) groups excluding carboxylic acids is 2. The summed E-state index contributed by atoms with van der Waals surface area (Å²) in [5.41, 5.74) is 2.55. The van der Waals surface area contributed by atoms with Crippen LogP contribution in [0.5, 0.6) is 0 Å². The van der Waals surface area contributed by atoms with E-state index >= 15 is 0 Å². The predicted octanol–water partition coefficient (Wildman–Crippen LogP) is 3.04. The Morgan fingerprint density at radius 3 is 2.85 bits per heavy atom. The third-order valence-corrected chi connectivity index (χ3v) is 5.83. The minimum Gasteiger partial charge on any atom is -0.338 e. The standard InChI is InChI=1S/C22H25N3O2/c1-17-5-2-6-18(13-17)15-24-11-4-8-22(21(24)27)9-12-25(16-22)20(26)19-7-3-10-23-14-19/h2-3,5-7,10,13-14H,4,8-9,11-12,15-16H2,1H3/t22-/m1/s1. The number of hydrogen-bond acceptors (Lipinski definition) is 3. The molecule has 0 aliphatic carbocycles. The fraction of sp³-hybridized carbons (Fsp3) is 0.409. The number of hydrogen-bond donors (Lipinski definition) is 0. The van der Waals surface area contributed by atoms with Crippen molar-refractivity contribution in [3.8, 4) is 0 Å². The minimum atomic E-state index is -0.417. The fourth-order valence-corrected chi connectivity index (χ4v) is 4.43. The van der Waals surface area contributed by atoms with E-state index in [9.17, 15) is 9.59 Å². The highest BCUT2D eigenvalue weighted by Crippen LogP contribution is 2.40. The summed E-state index contributed by atoms with van der Waals surface area (Å²) < 4.78 is 0. The van der Waals surface area contributed by atoms with Crippen molar-refractivity contribution < 1.29 is 9.59 Å². The van der Waals surface area contributed by atoms with Crippen molar-refractivity contribution in [3.05, 3.63) is 65.5 Å². The number of amides is 2. The van der Waals surface area contributed by atoms with Crippen LogP contribution in [0.2, 0.25) is 0 Å². The lowest BCUT2D eigenvalue weighted by Crippen LogP contribution is -2.50. The number of aromatic nitrogens is 1. The molecule has 3 heterocycles. The Kier molecular flexibility index (Phi) is 4.68. The molecule has 2 aromatic rings. The summed E-state index contributed by atoms with van der Waals surface area (Å²) in [7, 11) is 0. The first-order chi connectivity index (χ1) is 13.1. The zero-order valence-corrected chi connectivity index (χ0v) is 15.7. The highest BCUT2D eigenvalue weighted by molar-refractivity contribution is 5.95. The van der Waals surface area contributed by atoms with E-state index in [-0.39, 0.29) is 11.8 Å². The van der Waals surface area contributed by atoms with Gasteiger partial charge >= 0.3 is 0 Å². The molecule has 4 rings (SSSR count). The quantitative estimate of drug-likeness (QED) is 0.842. The molecule has 2 aliphatic heterocycles. The Balaban J connectivity index is 1.48. The topological polar surface area (TPSA) is 53.5 Å². The molecule has 5 nitrogen and oxygen atoms in total. The maximum Gasteiger partial charge on any atom is 0.255 e. The van der Waals surface area contributed by atoms with Gasteiger partial charge in [-0.3, -0.25) is 14.6 Å². The average Bonchev–Trinajstić information content (AvgIpc) is 3.11. The van der Waals surface area contributed by atoms with E-state index in [0.717, 1.165) is 25.8 Å². The molecule has 1 spiro atoms. The zero-order chi connectivity index (χ0) is 18.9. The summed E-state index contributed by atoms with van der Waals surface area (Å²) in [5.74, 6) is 0.181. The van der Waals surface area contributed by atoms with Gasteiger partial charge in [0.25, 0.3) is 5.91 Å². The lowest BCUT2D eigenvalue weighted by molar-refractivity contribution is -0.146. The Labute approximate surface area is 160 Å². The lowest BCUT2D eigenvalue weighted by atomic mass is 9.78. The summed E-state index contributed by atoms with van der Waals surface area (Å²) in [6.07, 6.45) is 5.87. The SMILES string of the molecule is Cc1cccc(CN2CCC[C@]3(CCN(C(=O)c4cccnc4)C3)C2=O)c1. The molecular formula is C22H25N3O2. The number of likely N-dealkylation sites (tertiary alicyclic amines) is 2. The lowest BCUT2D eigenvalue weighted by Gasteiger charge is -2.39. The molecule has 140 valence electrons. The van der Waals surface area contributed by atoms with E-state index in [4.69, 9.17) is 0 Å². The molecule has 0 bridgehead atoms. The van der Waals surface area contributed by atoms with Gasteiger partial charge in [0, 0.05) is 38.6 Å². The number of pyridine rings is 1. The Hall–Kier alpha value is -2.69. The largest absolute Gasteiger partial charge is 0.338 e. The van der Waals surface area contributed by atoms with Crippen molar-refractivity contribution in [2.75, 3.05) is 19.6 Å². The molecule has 2 amide bonds. The van der Waals surface area contributed by atoms with Crippen molar-refractivity contribution in [1.29, 1.82) is 0 Å². The predicted molar refractivity (Wildman–Crippen MR) is 103 cm³/mol. The summed E-state index contributed by atoms with van der Waals surface area (Å²) >= 11 is 0. The third-order valence-electron chi connectivity index (χ3n) is 5.83. The second-order valence-electron chi connectivity index (χ2n) is 7.82. The van der Waals surface area contributed by atoms with Crippen LogP contribution in [0.25, 0.3) is 0 Å². The van der Waals surface area contributed by atoms with Crippen molar-refractivity contribution in [1.82, 2.24) is 14.8 Å². The van der Waals surface area contributed by atoms with Crippen molar-refractivity contribution in [3.63, 3.8) is 0 Å². The summed E-state index contributed by atoms with van der Waals surface area (Å²) in [4.78, 5) is 33.9. The molecule has 0 N–H and O–H groups in total. The van der Waals surface area contributed by atoms with E-state index < -0.39 is 5.41 Å². The van der Waals surface area contributed by atoms with Crippen molar-refractivity contribution >= 4 is 11.8 Å². The monoisotopic (exact) mass is 363 g/mol. The molecule has 0 radical (unpaired) electrons. The van der Waals surface area contributed by atoms with Gasteiger partial charge in [-0.25, -0.2) is 0 Å². The van der Waals surface area contributed by atoms with Crippen LogP contribution in [0.3, 0.4) is 0 Å². The molecule has 2 saturated heterocycles. The maximum absolute atomic E-state index is 13.3. The molecule has 2 aliphatic rings. The number of carbonyl (C=O) groups is 2. The van der Waals surface area contributed by atoms with E-state index in [1.54, 1.807) is 24.5 Å². The van der Waals surface area contributed by atoms with Gasteiger partial charge in [0.05, 0.1) is 11.0 Å². The summed E-state index contributed by atoms with van der Waals surface area (Å²) in [6, 6.07) is 11.9. The Morgan fingerprint density at radius 1 is 1.19 bits per heavy atom. The first-order valence-corrected chi connectivity index (χ1v) is 9.62. The molecule has 2 fully saturated rings. The first-order valence-electron chi connectivity index (χ1n) is 9.62. The summed E-state index contributed by atoms with van der Waals surface area (Å²) in [6.45, 7) is 4.67. The van der Waals surface area contributed by atoms with Gasteiger partial charge in [0.1, 0.15) is 0 Å². The Morgan fingerprint density at radius 2 is 2.07 bits per heavy atom. The molecule has 0 saturated carbocycles. The van der Waals surface area contributed by atoms with Crippen LogP contribution >= 0.6 is 0 Å². The van der Waals surface area contributed by atoms with E-state index in [0.29, 0.717) is 25.2 Å². The number of nitrogens with zero attached hydrogens (tertiary/aromatic N) is 3. The second kappa shape index (κ2) is 7.14. The maximum atomic E-state index is 13.3. The molecule has 5 heteroatoms. The van der Waals surface area contributed by atoms with Gasteiger partial charge in [-0.15, -0.1) is 0 Å². The minimum absolute atomic E-state index is 0.0245. The molecule has 1 aromatic carbocycles. The average molecular weight is 363 g/mol. The van der Waals surface area contributed by atoms with Gasteiger partial charge < -0.3 is 9.80 Å². The van der Waals surface area contributed by atoms with Crippen molar-refractivity contribution in [2.24, 2.45) is 5.41 Å². The number of aryl methyl sites for hydroxylation is 1. The first kappa shape index (κ1) is 17.7. The number of rotatable bonds is 3. The van der Waals surface area contributed by atoms with Crippen LogP contribution in [0.15, 0.2) is 48.8 Å². The van der Waals surface area contributed by atoms with Gasteiger partial charge in [-0.2, -0.15) is 0 Å². The van der Waals surface area contributed by atoms with Crippen LogP contribution in [0, 0.1) is 12.3 Å². The molecule has 1 aromatic heterocycles. The molecule has 27 heavy (non-hydrogen) atoms. The van der Waals surface area contributed by atoms with Crippen LogP contribution in [-0.2, 0) is 11.3 Å². The number of benzene rings is 1.